The average molecular weight is 267 g/mol. The summed E-state index contributed by atoms with van der Waals surface area (Å²) in [6.07, 6.45) is 2.18. The Morgan fingerprint density at radius 3 is 2.80 bits per heavy atom. The van der Waals surface area contributed by atoms with Gasteiger partial charge in [-0.05, 0) is 49.1 Å². The molecule has 0 unspecified atom stereocenters. The molecule has 0 spiro atoms. The molecule has 3 nitrogen and oxygen atoms in total. The van der Waals surface area contributed by atoms with Crippen LogP contribution in [0.3, 0.4) is 0 Å². The third-order valence-electron chi connectivity index (χ3n) is 3.87. The Balaban J connectivity index is 2.07. The number of anilines is 2. The van der Waals surface area contributed by atoms with E-state index >= 15 is 0 Å². The lowest BCUT2D eigenvalue weighted by Gasteiger charge is -2.31. The van der Waals surface area contributed by atoms with Crippen LogP contribution in [0, 0.1) is 6.92 Å². The Morgan fingerprint density at radius 2 is 2.00 bits per heavy atom. The first kappa shape index (κ1) is 12.7. The van der Waals surface area contributed by atoms with Gasteiger partial charge in [0.2, 0.25) is 0 Å². The zero-order valence-corrected chi connectivity index (χ0v) is 11.5. The number of hydrogen-bond donors (Lipinski definition) is 1. The van der Waals surface area contributed by atoms with Crippen LogP contribution in [-0.4, -0.2) is 17.6 Å². The first-order valence-corrected chi connectivity index (χ1v) is 6.86. The number of fused-ring (bicyclic) bond motifs is 1. The molecule has 3 heteroatoms. The summed E-state index contributed by atoms with van der Waals surface area (Å²) < 4.78 is 0. The summed E-state index contributed by atoms with van der Waals surface area (Å²) >= 11 is 0. The first-order chi connectivity index (χ1) is 9.66. The summed E-state index contributed by atoms with van der Waals surface area (Å²) in [5, 5.41) is 9.27. The minimum atomic E-state index is -0.866. The molecule has 1 aliphatic rings. The normalized spacial score (nSPS) is 13.9. The van der Waals surface area contributed by atoms with Crippen LogP contribution in [0.2, 0.25) is 0 Å². The molecule has 2 aromatic rings. The van der Waals surface area contributed by atoms with Gasteiger partial charge in [-0.15, -0.1) is 0 Å². The second kappa shape index (κ2) is 5.00. The predicted molar refractivity (Wildman–Crippen MR) is 79.9 cm³/mol. The second-order valence-corrected chi connectivity index (χ2v) is 5.19. The van der Waals surface area contributed by atoms with E-state index in [0.29, 0.717) is 5.56 Å². The van der Waals surface area contributed by atoms with Crippen molar-refractivity contribution < 1.29 is 9.90 Å². The van der Waals surface area contributed by atoms with Crippen LogP contribution >= 0.6 is 0 Å². The zero-order chi connectivity index (χ0) is 14.1. The Morgan fingerprint density at radius 1 is 1.20 bits per heavy atom. The molecule has 0 amide bonds. The van der Waals surface area contributed by atoms with Crippen molar-refractivity contribution in [3.63, 3.8) is 0 Å². The van der Waals surface area contributed by atoms with Gasteiger partial charge in [-0.25, -0.2) is 4.79 Å². The maximum Gasteiger partial charge on any atom is 0.336 e. The molecule has 1 N–H and O–H groups in total. The summed E-state index contributed by atoms with van der Waals surface area (Å²) in [7, 11) is 0. The van der Waals surface area contributed by atoms with Gasteiger partial charge in [-0.1, -0.05) is 24.3 Å². The number of benzene rings is 2. The smallest absolute Gasteiger partial charge is 0.336 e. The molecule has 0 fully saturated rings. The van der Waals surface area contributed by atoms with E-state index in [4.69, 9.17) is 0 Å². The van der Waals surface area contributed by atoms with E-state index in [0.717, 1.165) is 30.6 Å². The molecular weight excluding hydrogens is 250 g/mol. The summed E-state index contributed by atoms with van der Waals surface area (Å²) in [6.45, 7) is 2.76. The maximum atomic E-state index is 11.3. The molecule has 0 saturated heterocycles. The minimum absolute atomic E-state index is 0.380. The highest BCUT2D eigenvalue weighted by molar-refractivity contribution is 5.91. The van der Waals surface area contributed by atoms with Crippen LogP contribution in [-0.2, 0) is 6.42 Å². The maximum absolute atomic E-state index is 11.3. The lowest BCUT2D eigenvalue weighted by Crippen LogP contribution is -2.24. The van der Waals surface area contributed by atoms with Gasteiger partial charge in [0.1, 0.15) is 0 Å². The molecule has 20 heavy (non-hydrogen) atoms. The van der Waals surface area contributed by atoms with Crippen LogP contribution < -0.4 is 4.90 Å². The van der Waals surface area contributed by atoms with Crippen LogP contribution in [0.25, 0.3) is 0 Å². The lowest BCUT2D eigenvalue weighted by molar-refractivity contribution is 0.0696. The third kappa shape index (κ3) is 2.16. The number of rotatable bonds is 2. The summed E-state index contributed by atoms with van der Waals surface area (Å²) in [4.78, 5) is 13.5. The molecule has 0 aliphatic carbocycles. The number of para-hydroxylation sites is 1. The van der Waals surface area contributed by atoms with Crippen LogP contribution in [0.4, 0.5) is 11.4 Å². The highest BCUT2D eigenvalue weighted by Crippen LogP contribution is 2.34. The van der Waals surface area contributed by atoms with Crippen molar-refractivity contribution >= 4 is 17.3 Å². The number of carboxylic acids is 1. The molecule has 102 valence electrons. The van der Waals surface area contributed by atoms with Crippen LogP contribution in [0.15, 0.2) is 42.5 Å². The fraction of sp³-hybridized carbons (Fsp3) is 0.235. The fourth-order valence-electron chi connectivity index (χ4n) is 2.81. The number of aryl methyl sites for hydroxylation is 2. The standard InChI is InChI=1S/C17H17NO2/c1-12-8-9-14(11-15(12)17(19)20)18-10-4-6-13-5-2-3-7-16(13)18/h2-3,5,7-9,11H,4,6,10H2,1H3,(H,19,20). The van der Waals surface area contributed by atoms with Gasteiger partial charge in [0.05, 0.1) is 5.56 Å². The molecule has 0 bridgehead atoms. The quantitative estimate of drug-likeness (QED) is 0.900. The van der Waals surface area contributed by atoms with Gasteiger partial charge >= 0.3 is 5.97 Å². The van der Waals surface area contributed by atoms with Crippen LogP contribution in [0.1, 0.15) is 27.9 Å². The highest BCUT2D eigenvalue weighted by Gasteiger charge is 2.19. The molecule has 0 atom stereocenters. The highest BCUT2D eigenvalue weighted by atomic mass is 16.4. The average Bonchev–Trinajstić information content (AvgIpc) is 2.47. The topological polar surface area (TPSA) is 40.5 Å². The molecule has 0 aromatic heterocycles. The van der Waals surface area contributed by atoms with E-state index in [-0.39, 0.29) is 0 Å². The van der Waals surface area contributed by atoms with Crippen molar-refractivity contribution in [3.8, 4) is 0 Å². The van der Waals surface area contributed by atoms with Crippen molar-refractivity contribution in [2.45, 2.75) is 19.8 Å². The summed E-state index contributed by atoms with van der Waals surface area (Å²) in [5.74, 6) is -0.866. The number of aromatic carboxylic acids is 1. The molecule has 0 saturated carbocycles. The number of carbonyl (C=O) groups is 1. The predicted octanol–water partition coefficient (Wildman–Crippen LogP) is 3.78. The molecule has 0 radical (unpaired) electrons. The Kier molecular flexibility index (Phi) is 3.18. The van der Waals surface area contributed by atoms with E-state index in [9.17, 15) is 9.90 Å². The lowest BCUT2D eigenvalue weighted by atomic mass is 10.00. The molecule has 3 rings (SSSR count). The van der Waals surface area contributed by atoms with E-state index in [1.807, 2.05) is 25.1 Å². The van der Waals surface area contributed by atoms with E-state index < -0.39 is 5.97 Å². The Bertz CT molecular complexity index is 664. The zero-order valence-electron chi connectivity index (χ0n) is 11.5. The van der Waals surface area contributed by atoms with Gasteiger partial charge in [-0.3, -0.25) is 0 Å². The van der Waals surface area contributed by atoms with Gasteiger partial charge in [0.15, 0.2) is 0 Å². The molecule has 2 aromatic carbocycles. The molecule has 1 heterocycles. The molecular formula is C17H17NO2. The summed E-state index contributed by atoms with van der Waals surface area (Å²) in [5.41, 5.74) is 4.66. The van der Waals surface area contributed by atoms with E-state index in [1.165, 1.54) is 11.3 Å². The second-order valence-electron chi connectivity index (χ2n) is 5.19. The fourth-order valence-corrected chi connectivity index (χ4v) is 2.81. The Hall–Kier alpha value is -2.29. The number of carboxylic acid groups (broad SMARTS) is 1. The number of nitrogens with zero attached hydrogens (tertiary/aromatic N) is 1. The van der Waals surface area contributed by atoms with Gasteiger partial charge in [-0.2, -0.15) is 0 Å². The SMILES string of the molecule is Cc1ccc(N2CCCc3ccccc32)cc1C(=O)O. The van der Waals surface area contributed by atoms with E-state index in [1.54, 1.807) is 6.07 Å². The van der Waals surface area contributed by atoms with Crippen LogP contribution in [0.5, 0.6) is 0 Å². The monoisotopic (exact) mass is 267 g/mol. The minimum Gasteiger partial charge on any atom is -0.478 e. The van der Waals surface area contributed by atoms with Gasteiger partial charge in [0, 0.05) is 17.9 Å². The van der Waals surface area contributed by atoms with Crippen molar-refractivity contribution in [1.29, 1.82) is 0 Å². The largest absolute Gasteiger partial charge is 0.478 e. The van der Waals surface area contributed by atoms with Gasteiger partial charge in [0.25, 0.3) is 0 Å². The third-order valence-corrected chi connectivity index (χ3v) is 3.87. The summed E-state index contributed by atoms with van der Waals surface area (Å²) in [6, 6.07) is 14.0. The first-order valence-electron chi connectivity index (χ1n) is 6.86. The van der Waals surface area contributed by atoms with E-state index in [2.05, 4.69) is 23.1 Å². The van der Waals surface area contributed by atoms with Crippen molar-refractivity contribution in [2.75, 3.05) is 11.4 Å². The molecule has 1 aliphatic heterocycles. The van der Waals surface area contributed by atoms with Crippen molar-refractivity contribution in [3.05, 3.63) is 59.2 Å². The Labute approximate surface area is 118 Å². The van der Waals surface area contributed by atoms with Crippen molar-refractivity contribution in [2.24, 2.45) is 0 Å². The van der Waals surface area contributed by atoms with Crippen molar-refractivity contribution in [1.82, 2.24) is 0 Å². The number of hydrogen-bond acceptors (Lipinski definition) is 2. The van der Waals surface area contributed by atoms with Gasteiger partial charge < -0.3 is 10.0 Å².